The van der Waals surface area contributed by atoms with E-state index in [1.165, 1.54) is 0 Å². The summed E-state index contributed by atoms with van der Waals surface area (Å²) in [7, 11) is 0. The van der Waals surface area contributed by atoms with Crippen LogP contribution < -0.4 is 0 Å². The normalized spacial score (nSPS) is 17.0. The maximum atomic E-state index is 12.8. The fraction of sp³-hybridized carbons (Fsp3) is 0.350. The molecule has 1 aliphatic rings. The molecular formula is C20H21N5O3. The van der Waals surface area contributed by atoms with Gasteiger partial charge in [-0.3, -0.25) is 4.79 Å². The Morgan fingerprint density at radius 2 is 1.96 bits per heavy atom. The van der Waals surface area contributed by atoms with Gasteiger partial charge in [-0.1, -0.05) is 11.2 Å². The minimum absolute atomic E-state index is 0.102. The third kappa shape index (κ3) is 3.50. The Hall–Kier alpha value is -3.13. The van der Waals surface area contributed by atoms with E-state index >= 15 is 0 Å². The summed E-state index contributed by atoms with van der Waals surface area (Å²) in [4.78, 5) is 27.5. The summed E-state index contributed by atoms with van der Waals surface area (Å²) >= 11 is 0. The molecule has 1 amide bonds. The van der Waals surface area contributed by atoms with Crippen LogP contribution in [0.25, 0.3) is 11.3 Å². The third-order valence-electron chi connectivity index (χ3n) is 4.77. The van der Waals surface area contributed by atoms with Crippen LogP contribution in [0.3, 0.4) is 0 Å². The molecule has 1 unspecified atom stereocenters. The summed E-state index contributed by atoms with van der Waals surface area (Å²) in [5.74, 6) is 1.26. The van der Waals surface area contributed by atoms with Crippen LogP contribution in [0.5, 0.6) is 0 Å². The van der Waals surface area contributed by atoms with Gasteiger partial charge in [0.2, 0.25) is 0 Å². The number of ether oxygens (including phenoxy) is 1. The number of rotatable bonds is 3. The molecule has 8 nitrogen and oxygen atoms in total. The molecule has 8 heteroatoms. The van der Waals surface area contributed by atoms with Crippen LogP contribution in [0.1, 0.15) is 39.4 Å². The Balaban J connectivity index is 1.56. The van der Waals surface area contributed by atoms with Crippen molar-refractivity contribution in [2.75, 3.05) is 19.7 Å². The van der Waals surface area contributed by atoms with Crippen molar-refractivity contribution < 1.29 is 14.1 Å². The van der Waals surface area contributed by atoms with Crippen LogP contribution >= 0.6 is 0 Å². The molecule has 1 fully saturated rings. The molecule has 1 atom stereocenters. The van der Waals surface area contributed by atoms with Crippen LogP contribution in [-0.4, -0.2) is 50.6 Å². The summed E-state index contributed by atoms with van der Waals surface area (Å²) < 4.78 is 11.2. The Morgan fingerprint density at radius 1 is 1.18 bits per heavy atom. The summed E-state index contributed by atoms with van der Waals surface area (Å²) in [6.45, 7) is 6.93. The van der Waals surface area contributed by atoms with E-state index in [0.29, 0.717) is 31.1 Å². The van der Waals surface area contributed by atoms with Gasteiger partial charge in [0.05, 0.1) is 41.4 Å². The van der Waals surface area contributed by atoms with E-state index in [9.17, 15) is 4.79 Å². The standard InChI is InChI=1S/C20H21N5O3/c1-12-19(13(2)28-24-12)17-6-4-5-16(23-17)18-11-25(7-8-27-18)20(26)15-9-21-14(3)22-10-15/h4-6,9-10,18H,7-8,11H2,1-3H3. The van der Waals surface area contributed by atoms with Gasteiger partial charge in [-0.15, -0.1) is 0 Å². The number of hydrogen-bond acceptors (Lipinski definition) is 7. The van der Waals surface area contributed by atoms with Crippen LogP contribution in [0.15, 0.2) is 35.1 Å². The van der Waals surface area contributed by atoms with Gasteiger partial charge in [-0.2, -0.15) is 0 Å². The van der Waals surface area contributed by atoms with E-state index in [1.807, 2.05) is 32.0 Å². The van der Waals surface area contributed by atoms with Gasteiger partial charge < -0.3 is 14.2 Å². The summed E-state index contributed by atoms with van der Waals surface area (Å²) in [6.07, 6.45) is 2.82. The topological polar surface area (TPSA) is 94.2 Å². The van der Waals surface area contributed by atoms with Crippen molar-refractivity contribution >= 4 is 5.91 Å². The molecule has 0 radical (unpaired) electrons. The van der Waals surface area contributed by atoms with Crippen molar-refractivity contribution in [1.29, 1.82) is 0 Å². The van der Waals surface area contributed by atoms with E-state index in [4.69, 9.17) is 14.2 Å². The Morgan fingerprint density at radius 3 is 2.68 bits per heavy atom. The first-order chi connectivity index (χ1) is 13.5. The second-order valence-corrected chi connectivity index (χ2v) is 6.78. The molecule has 4 heterocycles. The maximum absolute atomic E-state index is 12.8. The van der Waals surface area contributed by atoms with Gasteiger partial charge in [0, 0.05) is 18.9 Å². The van der Waals surface area contributed by atoms with Crippen molar-refractivity contribution in [2.24, 2.45) is 0 Å². The lowest BCUT2D eigenvalue weighted by molar-refractivity contribution is -0.0247. The largest absolute Gasteiger partial charge is 0.368 e. The molecule has 0 N–H and O–H groups in total. The van der Waals surface area contributed by atoms with Gasteiger partial charge in [-0.25, -0.2) is 15.0 Å². The lowest BCUT2D eigenvalue weighted by atomic mass is 10.1. The first-order valence-corrected chi connectivity index (χ1v) is 9.12. The van der Waals surface area contributed by atoms with E-state index in [2.05, 4.69) is 15.1 Å². The Kier molecular flexibility index (Phi) is 4.87. The van der Waals surface area contributed by atoms with Crippen molar-refractivity contribution in [3.8, 4) is 11.3 Å². The SMILES string of the molecule is Cc1ncc(C(=O)N2CCOC(c3cccc(-c4c(C)noc4C)n3)C2)cn1. The van der Waals surface area contributed by atoms with Crippen LogP contribution in [0.4, 0.5) is 0 Å². The van der Waals surface area contributed by atoms with Crippen LogP contribution in [0.2, 0.25) is 0 Å². The first-order valence-electron chi connectivity index (χ1n) is 9.12. The average molecular weight is 379 g/mol. The number of nitrogens with zero attached hydrogens (tertiary/aromatic N) is 5. The monoisotopic (exact) mass is 379 g/mol. The van der Waals surface area contributed by atoms with Gasteiger partial charge in [0.25, 0.3) is 5.91 Å². The van der Waals surface area contributed by atoms with E-state index in [-0.39, 0.29) is 12.0 Å². The second-order valence-electron chi connectivity index (χ2n) is 6.78. The number of pyridine rings is 1. The molecule has 3 aromatic heterocycles. The smallest absolute Gasteiger partial charge is 0.257 e. The predicted molar refractivity (Wildman–Crippen MR) is 101 cm³/mol. The number of carbonyl (C=O) groups excluding carboxylic acids is 1. The molecule has 4 rings (SSSR count). The number of aryl methyl sites for hydroxylation is 3. The highest BCUT2D eigenvalue weighted by atomic mass is 16.5. The van der Waals surface area contributed by atoms with Crippen molar-refractivity contribution in [1.82, 2.24) is 25.0 Å². The third-order valence-corrected chi connectivity index (χ3v) is 4.77. The molecule has 0 aromatic carbocycles. The number of carbonyl (C=O) groups is 1. The molecule has 1 saturated heterocycles. The van der Waals surface area contributed by atoms with E-state index in [0.717, 1.165) is 28.4 Å². The quantitative estimate of drug-likeness (QED) is 0.690. The van der Waals surface area contributed by atoms with Gasteiger partial charge in [-0.05, 0) is 32.9 Å². The molecule has 3 aromatic rings. The maximum Gasteiger partial charge on any atom is 0.257 e. The van der Waals surface area contributed by atoms with Gasteiger partial charge >= 0.3 is 0 Å². The lowest BCUT2D eigenvalue weighted by Crippen LogP contribution is -2.42. The van der Waals surface area contributed by atoms with Crippen LogP contribution in [0, 0.1) is 20.8 Å². The number of amides is 1. The molecule has 28 heavy (non-hydrogen) atoms. The van der Waals surface area contributed by atoms with Crippen molar-refractivity contribution in [3.05, 3.63) is 59.1 Å². The molecule has 144 valence electrons. The number of aromatic nitrogens is 4. The Bertz CT molecular complexity index is 980. The zero-order valence-corrected chi connectivity index (χ0v) is 16.0. The predicted octanol–water partition coefficient (Wildman–Crippen LogP) is 2.67. The lowest BCUT2D eigenvalue weighted by Gasteiger charge is -2.32. The minimum Gasteiger partial charge on any atom is -0.368 e. The highest BCUT2D eigenvalue weighted by Crippen LogP contribution is 2.28. The Labute approximate surface area is 162 Å². The highest BCUT2D eigenvalue weighted by molar-refractivity contribution is 5.93. The molecule has 0 spiro atoms. The summed E-state index contributed by atoms with van der Waals surface area (Å²) in [5, 5.41) is 4.00. The zero-order valence-electron chi connectivity index (χ0n) is 16.0. The van der Waals surface area contributed by atoms with Crippen LogP contribution in [-0.2, 0) is 4.74 Å². The van der Waals surface area contributed by atoms with E-state index < -0.39 is 0 Å². The average Bonchev–Trinajstić information content (AvgIpc) is 3.06. The van der Waals surface area contributed by atoms with E-state index in [1.54, 1.807) is 24.2 Å². The molecule has 1 aliphatic heterocycles. The van der Waals surface area contributed by atoms with Crippen molar-refractivity contribution in [3.63, 3.8) is 0 Å². The first kappa shape index (κ1) is 18.2. The molecule has 0 aliphatic carbocycles. The zero-order chi connectivity index (χ0) is 19.7. The number of hydrogen-bond donors (Lipinski definition) is 0. The fourth-order valence-electron chi connectivity index (χ4n) is 3.32. The van der Waals surface area contributed by atoms with Gasteiger partial charge in [0.1, 0.15) is 17.7 Å². The van der Waals surface area contributed by atoms with Gasteiger partial charge in [0.15, 0.2) is 0 Å². The number of morpholine rings is 1. The fourth-order valence-corrected chi connectivity index (χ4v) is 3.32. The second kappa shape index (κ2) is 7.47. The minimum atomic E-state index is -0.301. The molecular weight excluding hydrogens is 358 g/mol. The van der Waals surface area contributed by atoms with Crippen molar-refractivity contribution in [2.45, 2.75) is 26.9 Å². The molecule has 0 saturated carbocycles. The highest BCUT2D eigenvalue weighted by Gasteiger charge is 2.28. The summed E-state index contributed by atoms with van der Waals surface area (Å²) in [5.41, 5.74) is 3.72. The molecule has 0 bridgehead atoms. The summed E-state index contributed by atoms with van der Waals surface area (Å²) in [6, 6.07) is 5.77.